The van der Waals surface area contributed by atoms with E-state index in [0.29, 0.717) is 12.3 Å². The van der Waals surface area contributed by atoms with E-state index in [1.807, 2.05) is 25.8 Å². The van der Waals surface area contributed by atoms with Crippen LogP contribution in [0.25, 0.3) is 0 Å². The fraction of sp³-hybridized carbons (Fsp3) is 0.636. The smallest absolute Gasteiger partial charge is 0.146 e. The Hall–Kier alpha value is -1.20. The Balaban J connectivity index is 2.43. The summed E-state index contributed by atoms with van der Waals surface area (Å²) in [5.41, 5.74) is 0.579. The molecular formula is C11H19N3O2. The topological polar surface area (TPSA) is 58.5 Å². The van der Waals surface area contributed by atoms with Gasteiger partial charge in [-0.05, 0) is 13.8 Å². The van der Waals surface area contributed by atoms with Crippen molar-refractivity contribution in [2.24, 2.45) is 0 Å². The quantitative estimate of drug-likeness (QED) is 0.777. The Morgan fingerprint density at radius 3 is 2.62 bits per heavy atom. The lowest BCUT2D eigenvalue weighted by atomic mass is 10.4. The van der Waals surface area contributed by atoms with Gasteiger partial charge >= 0.3 is 0 Å². The zero-order valence-corrected chi connectivity index (χ0v) is 10.1. The normalized spacial score (nSPS) is 10.8. The molecule has 1 N–H and O–H groups in total. The number of hydrogen-bond donors (Lipinski definition) is 1. The zero-order valence-electron chi connectivity index (χ0n) is 10.1. The molecule has 0 aliphatic carbocycles. The molecule has 90 valence electrons. The molecule has 0 radical (unpaired) electrons. The second-order valence-corrected chi connectivity index (χ2v) is 3.87. The minimum atomic E-state index is -0.0759. The first-order chi connectivity index (χ1) is 7.63. The third-order valence-corrected chi connectivity index (χ3v) is 2.12. The number of anilines is 1. The van der Waals surface area contributed by atoms with Crippen LogP contribution in [-0.4, -0.2) is 41.4 Å². The summed E-state index contributed by atoms with van der Waals surface area (Å²) in [7, 11) is 1.94. The fourth-order valence-electron chi connectivity index (χ4n) is 1.17. The fourth-order valence-corrected chi connectivity index (χ4v) is 1.17. The van der Waals surface area contributed by atoms with Crippen LogP contribution in [0, 0.1) is 0 Å². The summed E-state index contributed by atoms with van der Waals surface area (Å²) in [6.07, 6.45) is 3.48. The average molecular weight is 225 g/mol. The summed E-state index contributed by atoms with van der Waals surface area (Å²) in [4.78, 5) is 10.2. The molecule has 0 aromatic carbocycles. The van der Waals surface area contributed by atoms with E-state index in [1.54, 1.807) is 12.4 Å². The van der Waals surface area contributed by atoms with Gasteiger partial charge in [0.15, 0.2) is 0 Å². The number of hydrogen-bond acceptors (Lipinski definition) is 5. The maximum atomic E-state index is 8.83. The van der Waals surface area contributed by atoms with Crippen LogP contribution in [0.15, 0.2) is 12.4 Å². The van der Waals surface area contributed by atoms with E-state index in [0.717, 1.165) is 12.4 Å². The van der Waals surface area contributed by atoms with Crippen molar-refractivity contribution >= 4 is 5.82 Å². The van der Waals surface area contributed by atoms with Gasteiger partial charge in [0, 0.05) is 13.6 Å². The molecule has 0 spiro atoms. The van der Waals surface area contributed by atoms with Gasteiger partial charge in [-0.1, -0.05) is 0 Å². The Morgan fingerprint density at radius 2 is 2.12 bits per heavy atom. The standard InChI is InChI=1S/C11H19N3O2/c1-9(2)16-5-4-14(3)11-7-12-10(8-15)6-13-11/h6-7,9,15H,4-5,8H2,1-3H3. The highest BCUT2D eigenvalue weighted by molar-refractivity contribution is 5.34. The third kappa shape index (κ3) is 4.12. The lowest BCUT2D eigenvalue weighted by Crippen LogP contribution is -2.24. The molecule has 0 bridgehead atoms. The molecule has 5 nitrogen and oxygen atoms in total. The predicted molar refractivity (Wildman–Crippen MR) is 62.3 cm³/mol. The van der Waals surface area contributed by atoms with Gasteiger partial charge in [-0.15, -0.1) is 0 Å². The summed E-state index contributed by atoms with van der Waals surface area (Å²) < 4.78 is 5.45. The minimum Gasteiger partial charge on any atom is -0.390 e. The van der Waals surface area contributed by atoms with Crippen LogP contribution >= 0.6 is 0 Å². The van der Waals surface area contributed by atoms with E-state index >= 15 is 0 Å². The van der Waals surface area contributed by atoms with Gasteiger partial charge in [0.2, 0.25) is 0 Å². The molecule has 1 heterocycles. The largest absolute Gasteiger partial charge is 0.390 e. The van der Waals surface area contributed by atoms with Crippen LogP contribution in [0.2, 0.25) is 0 Å². The Labute approximate surface area is 96.1 Å². The molecule has 0 unspecified atom stereocenters. The molecule has 5 heteroatoms. The van der Waals surface area contributed by atoms with E-state index in [9.17, 15) is 0 Å². The monoisotopic (exact) mass is 225 g/mol. The highest BCUT2D eigenvalue weighted by Crippen LogP contribution is 2.06. The van der Waals surface area contributed by atoms with E-state index in [1.165, 1.54) is 0 Å². The molecule has 0 fully saturated rings. The van der Waals surface area contributed by atoms with Crippen molar-refractivity contribution in [3.05, 3.63) is 18.1 Å². The number of aliphatic hydroxyl groups excluding tert-OH is 1. The molecule has 16 heavy (non-hydrogen) atoms. The Kier molecular flexibility index (Phi) is 5.14. The first-order valence-electron chi connectivity index (χ1n) is 5.38. The van der Waals surface area contributed by atoms with E-state index in [4.69, 9.17) is 9.84 Å². The zero-order chi connectivity index (χ0) is 12.0. The minimum absolute atomic E-state index is 0.0759. The lowest BCUT2D eigenvalue weighted by molar-refractivity contribution is 0.0845. The number of aromatic nitrogens is 2. The van der Waals surface area contributed by atoms with Crippen molar-refractivity contribution < 1.29 is 9.84 Å². The van der Waals surface area contributed by atoms with Gasteiger partial charge in [-0.25, -0.2) is 4.98 Å². The van der Waals surface area contributed by atoms with Crippen LogP contribution in [0.3, 0.4) is 0 Å². The van der Waals surface area contributed by atoms with Gasteiger partial charge in [-0.3, -0.25) is 4.98 Å². The highest BCUT2D eigenvalue weighted by atomic mass is 16.5. The number of rotatable bonds is 6. The molecule has 0 saturated heterocycles. The number of aliphatic hydroxyl groups is 1. The second-order valence-electron chi connectivity index (χ2n) is 3.87. The van der Waals surface area contributed by atoms with Crippen molar-refractivity contribution in [3.63, 3.8) is 0 Å². The summed E-state index contributed by atoms with van der Waals surface area (Å²) in [6, 6.07) is 0. The molecule has 0 saturated carbocycles. The third-order valence-electron chi connectivity index (χ3n) is 2.12. The molecule has 0 aliphatic heterocycles. The van der Waals surface area contributed by atoms with Crippen molar-refractivity contribution in [1.82, 2.24) is 9.97 Å². The van der Waals surface area contributed by atoms with Crippen LogP contribution in [0.4, 0.5) is 5.82 Å². The first kappa shape index (κ1) is 12.9. The second kappa shape index (κ2) is 6.40. The average Bonchev–Trinajstić information content (AvgIpc) is 2.28. The first-order valence-corrected chi connectivity index (χ1v) is 5.38. The number of ether oxygens (including phenoxy) is 1. The van der Waals surface area contributed by atoms with Gasteiger partial charge < -0.3 is 14.7 Å². The Bertz CT molecular complexity index is 301. The predicted octanol–water partition coefficient (Wildman–Crippen LogP) is 0.830. The van der Waals surface area contributed by atoms with E-state index in [2.05, 4.69) is 9.97 Å². The van der Waals surface area contributed by atoms with E-state index in [-0.39, 0.29) is 12.7 Å². The molecule has 0 aliphatic rings. The van der Waals surface area contributed by atoms with Gasteiger partial charge in [0.05, 0.1) is 37.4 Å². The SMILES string of the molecule is CC(C)OCCN(C)c1cnc(CO)cn1. The van der Waals surface area contributed by atoms with Crippen LogP contribution in [0.5, 0.6) is 0 Å². The maximum Gasteiger partial charge on any atom is 0.146 e. The van der Waals surface area contributed by atoms with Crippen molar-refractivity contribution in [3.8, 4) is 0 Å². The Morgan fingerprint density at radius 1 is 1.38 bits per heavy atom. The molecule has 0 atom stereocenters. The summed E-state index contributed by atoms with van der Waals surface area (Å²) in [6.45, 7) is 5.38. The number of nitrogens with zero attached hydrogens (tertiary/aromatic N) is 3. The van der Waals surface area contributed by atoms with Gasteiger partial charge in [0.1, 0.15) is 5.82 Å². The van der Waals surface area contributed by atoms with Crippen molar-refractivity contribution in [2.45, 2.75) is 26.6 Å². The lowest BCUT2D eigenvalue weighted by Gasteiger charge is -2.18. The molecule has 1 aromatic heterocycles. The van der Waals surface area contributed by atoms with Crippen LogP contribution in [-0.2, 0) is 11.3 Å². The van der Waals surface area contributed by atoms with Crippen molar-refractivity contribution in [1.29, 1.82) is 0 Å². The molecule has 1 aromatic rings. The summed E-state index contributed by atoms with van der Waals surface area (Å²) in [5, 5.41) is 8.83. The molecule has 0 amide bonds. The van der Waals surface area contributed by atoms with Gasteiger partial charge in [-0.2, -0.15) is 0 Å². The summed E-state index contributed by atoms with van der Waals surface area (Å²) in [5.74, 6) is 0.782. The maximum absolute atomic E-state index is 8.83. The van der Waals surface area contributed by atoms with E-state index < -0.39 is 0 Å². The van der Waals surface area contributed by atoms with Crippen LogP contribution < -0.4 is 4.90 Å². The van der Waals surface area contributed by atoms with Crippen molar-refractivity contribution in [2.75, 3.05) is 25.1 Å². The molecular weight excluding hydrogens is 206 g/mol. The highest BCUT2D eigenvalue weighted by Gasteiger charge is 2.03. The summed E-state index contributed by atoms with van der Waals surface area (Å²) >= 11 is 0. The number of likely N-dealkylation sites (N-methyl/N-ethyl adjacent to an activating group) is 1. The van der Waals surface area contributed by atoms with Gasteiger partial charge in [0.25, 0.3) is 0 Å². The van der Waals surface area contributed by atoms with Crippen LogP contribution in [0.1, 0.15) is 19.5 Å². The molecule has 1 rings (SSSR count).